The Morgan fingerprint density at radius 2 is 2.20 bits per heavy atom. The lowest BCUT2D eigenvalue weighted by molar-refractivity contribution is -0.133. The van der Waals surface area contributed by atoms with E-state index in [1.807, 2.05) is 6.07 Å². The van der Waals surface area contributed by atoms with Gasteiger partial charge in [0, 0.05) is 18.1 Å². The molecule has 0 radical (unpaired) electrons. The van der Waals surface area contributed by atoms with Gasteiger partial charge in [-0.05, 0) is 18.2 Å². The van der Waals surface area contributed by atoms with E-state index in [9.17, 15) is 14.0 Å². The number of nitrogens with zero attached hydrogens (tertiary/aromatic N) is 2. The average Bonchev–Trinajstić information content (AvgIpc) is 2.44. The fourth-order valence-electron chi connectivity index (χ4n) is 1.31. The first kappa shape index (κ1) is 16.1. The van der Waals surface area contributed by atoms with Crippen molar-refractivity contribution in [3.05, 3.63) is 34.1 Å². The van der Waals surface area contributed by atoms with Crippen LogP contribution in [0.15, 0.2) is 22.7 Å². The van der Waals surface area contributed by atoms with Gasteiger partial charge in [0.25, 0.3) is 5.91 Å². The highest BCUT2D eigenvalue weighted by atomic mass is 79.9. The van der Waals surface area contributed by atoms with Crippen molar-refractivity contribution in [2.75, 3.05) is 20.2 Å². The van der Waals surface area contributed by atoms with Crippen LogP contribution in [0.25, 0.3) is 0 Å². The van der Waals surface area contributed by atoms with Crippen LogP contribution >= 0.6 is 15.9 Å². The van der Waals surface area contributed by atoms with Crippen molar-refractivity contribution >= 4 is 27.8 Å². The molecule has 0 aliphatic carbocycles. The molecule has 0 saturated carbocycles. The summed E-state index contributed by atoms with van der Waals surface area (Å²) in [6.07, 6.45) is 0.191. The summed E-state index contributed by atoms with van der Waals surface area (Å²) in [5, 5.41) is 8.40. The molecule has 5 nitrogen and oxygen atoms in total. The Hall–Kier alpha value is -1.94. The number of hydrogen-bond acceptors (Lipinski definition) is 4. The molecule has 1 aromatic carbocycles. The van der Waals surface area contributed by atoms with Crippen LogP contribution in [0.4, 0.5) is 4.39 Å². The molecule has 0 N–H and O–H groups in total. The molecule has 0 saturated heterocycles. The lowest BCUT2D eigenvalue weighted by Crippen LogP contribution is -2.32. The summed E-state index contributed by atoms with van der Waals surface area (Å²) < 4.78 is 18.7. The SMILES string of the molecule is CN(CCC#N)C(=O)COC(=O)c1cc(Br)ccc1F. The molecule has 0 spiro atoms. The summed E-state index contributed by atoms with van der Waals surface area (Å²) >= 11 is 3.12. The van der Waals surface area contributed by atoms with Gasteiger partial charge in [-0.25, -0.2) is 9.18 Å². The second-order valence-electron chi connectivity index (χ2n) is 3.92. The monoisotopic (exact) mass is 342 g/mol. The predicted molar refractivity (Wildman–Crippen MR) is 72.2 cm³/mol. The van der Waals surface area contributed by atoms with Gasteiger partial charge in [0.2, 0.25) is 0 Å². The van der Waals surface area contributed by atoms with Gasteiger partial charge in [0.15, 0.2) is 6.61 Å². The van der Waals surface area contributed by atoms with Crippen molar-refractivity contribution in [3.63, 3.8) is 0 Å². The lowest BCUT2D eigenvalue weighted by Gasteiger charge is -2.15. The maximum Gasteiger partial charge on any atom is 0.341 e. The van der Waals surface area contributed by atoms with Gasteiger partial charge in [-0.1, -0.05) is 15.9 Å². The van der Waals surface area contributed by atoms with Crippen molar-refractivity contribution in [1.29, 1.82) is 5.26 Å². The highest BCUT2D eigenvalue weighted by Gasteiger charge is 2.16. The van der Waals surface area contributed by atoms with Gasteiger partial charge in [0.1, 0.15) is 5.82 Å². The van der Waals surface area contributed by atoms with Crippen LogP contribution in [0.2, 0.25) is 0 Å². The number of carbonyl (C=O) groups is 2. The molecule has 0 aliphatic rings. The number of carbonyl (C=O) groups excluding carboxylic acids is 2. The number of halogens is 2. The highest BCUT2D eigenvalue weighted by molar-refractivity contribution is 9.10. The molecule has 1 aromatic rings. The highest BCUT2D eigenvalue weighted by Crippen LogP contribution is 2.16. The van der Waals surface area contributed by atoms with Crippen LogP contribution < -0.4 is 0 Å². The molecule has 0 bridgehead atoms. The molecule has 20 heavy (non-hydrogen) atoms. The van der Waals surface area contributed by atoms with Gasteiger partial charge in [0.05, 0.1) is 18.1 Å². The number of amides is 1. The summed E-state index contributed by atoms with van der Waals surface area (Å²) in [4.78, 5) is 24.5. The summed E-state index contributed by atoms with van der Waals surface area (Å²) in [7, 11) is 1.49. The van der Waals surface area contributed by atoms with Gasteiger partial charge in [-0.2, -0.15) is 5.26 Å². The number of likely N-dealkylation sites (N-methyl/N-ethyl adjacent to an activating group) is 1. The van der Waals surface area contributed by atoms with E-state index in [4.69, 9.17) is 10.00 Å². The Bertz CT molecular complexity index is 557. The third kappa shape index (κ3) is 4.63. The van der Waals surface area contributed by atoms with Gasteiger partial charge < -0.3 is 9.64 Å². The first-order valence-electron chi connectivity index (χ1n) is 5.68. The van der Waals surface area contributed by atoms with Crippen LogP contribution in [0.3, 0.4) is 0 Å². The van der Waals surface area contributed by atoms with Crippen LogP contribution in [-0.4, -0.2) is 37.0 Å². The van der Waals surface area contributed by atoms with Crippen LogP contribution in [0, 0.1) is 17.1 Å². The topological polar surface area (TPSA) is 70.4 Å². The van der Waals surface area contributed by atoms with Crippen molar-refractivity contribution in [3.8, 4) is 6.07 Å². The normalized spacial score (nSPS) is 9.70. The van der Waals surface area contributed by atoms with Crippen LogP contribution in [0.5, 0.6) is 0 Å². The molecule has 0 atom stereocenters. The van der Waals surface area contributed by atoms with E-state index < -0.39 is 24.3 Å². The Morgan fingerprint density at radius 1 is 1.50 bits per heavy atom. The minimum Gasteiger partial charge on any atom is -0.452 e. The zero-order chi connectivity index (χ0) is 15.1. The molecule has 0 aliphatic heterocycles. The summed E-state index contributed by atoms with van der Waals surface area (Å²) in [5.74, 6) is -2.08. The molecule has 0 unspecified atom stereocenters. The predicted octanol–water partition coefficient (Wildman–Crippen LogP) is 2.12. The molecule has 1 amide bonds. The number of rotatable bonds is 5. The molecule has 1 rings (SSSR count). The third-order valence-corrected chi connectivity index (χ3v) is 2.95. The first-order chi connectivity index (χ1) is 9.45. The zero-order valence-corrected chi connectivity index (χ0v) is 12.3. The number of hydrogen-bond donors (Lipinski definition) is 0. The standard InChI is InChI=1S/C13H12BrFN2O3/c1-17(6-2-5-16)12(18)8-20-13(19)10-7-9(14)3-4-11(10)15/h3-4,7H,2,6,8H2,1H3. The number of ether oxygens (including phenoxy) is 1. The minimum atomic E-state index is -0.911. The molecule has 0 heterocycles. The van der Waals surface area contributed by atoms with Crippen LogP contribution in [-0.2, 0) is 9.53 Å². The Balaban J connectivity index is 2.57. The van der Waals surface area contributed by atoms with Crippen LogP contribution in [0.1, 0.15) is 16.8 Å². The van der Waals surface area contributed by atoms with E-state index in [1.54, 1.807) is 0 Å². The van der Waals surface area contributed by atoms with Crippen molar-refractivity contribution < 1.29 is 18.7 Å². The quantitative estimate of drug-likeness (QED) is 0.768. The number of esters is 1. The lowest BCUT2D eigenvalue weighted by atomic mass is 10.2. The van der Waals surface area contributed by atoms with Crippen molar-refractivity contribution in [2.45, 2.75) is 6.42 Å². The molecular formula is C13H12BrFN2O3. The second-order valence-corrected chi connectivity index (χ2v) is 4.84. The Labute approximate surface area is 124 Å². The fourth-order valence-corrected chi connectivity index (χ4v) is 1.67. The van der Waals surface area contributed by atoms with E-state index in [2.05, 4.69) is 15.9 Å². The molecule has 0 fully saturated rings. The minimum absolute atomic E-state index is 0.191. The molecular weight excluding hydrogens is 331 g/mol. The van der Waals surface area contributed by atoms with Crippen molar-refractivity contribution in [2.24, 2.45) is 0 Å². The Morgan fingerprint density at radius 3 is 2.85 bits per heavy atom. The maximum absolute atomic E-state index is 13.4. The number of benzene rings is 1. The van der Waals surface area contributed by atoms with E-state index in [0.29, 0.717) is 4.47 Å². The third-order valence-electron chi connectivity index (χ3n) is 2.46. The fraction of sp³-hybridized carbons (Fsp3) is 0.308. The Kier molecular flexibility index (Phi) is 6.12. The van der Waals surface area contributed by atoms with Gasteiger partial charge in [-0.15, -0.1) is 0 Å². The second kappa shape index (κ2) is 7.60. The zero-order valence-electron chi connectivity index (χ0n) is 10.7. The largest absolute Gasteiger partial charge is 0.452 e. The molecule has 0 aromatic heterocycles. The van der Waals surface area contributed by atoms with E-state index in [0.717, 1.165) is 6.07 Å². The summed E-state index contributed by atoms with van der Waals surface area (Å²) in [6, 6.07) is 5.76. The van der Waals surface area contributed by atoms with E-state index in [-0.39, 0.29) is 18.5 Å². The first-order valence-corrected chi connectivity index (χ1v) is 6.48. The molecule has 106 valence electrons. The van der Waals surface area contributed by atoms with E-state index >= 15 is 0 Å². The van der Waals surface area contributed by atoms with Gasteiger partial charge in [-0.3, -0.25) is 4.79 Å². The maximum atomic E-state index is 13.4. The smallest absolute Gasteiger partial charge is 0.341 e. The van der Waals surface area contributed by atoms with E-state index in [1.165, 1.54) is 24.1 Å². The average molecular weight is 343 g/mol. The van der Waals surface area contributed by atoms with Crippen molar-refractivity contribution in [1.82, 2.24) is 4.90 Å². The number of nitriles is 1. The summed E-state index contributed by atoms with van der Waals surface area (Å²) in [5.41, 5.74) is -0.244. The molecule has 7 heteroatoms. The van der Waals surface area contributed by atoms with Gasteiger partial charge >= 0.3 is 5.97 Å². The summed E-state index contributed by atoms with van der Waals surface area (Å²) in [6.45, 7) is -0.245.